The number of benzene rings is 1. The molecule has 6 nitrogen and oxygen atoms in total. The lowest BCUT2D eigenvalue weighted by Crippen LogP contribution is -2.33. The van der Waals surface area contributed by atoms with E-state index >= 15 is 0 Å². The Morgan fingerprint density at radius 2 is 2.06 bits per heavy atom. The number of amides is 2. The molecule has 0 spiro atoms. The second kappa shape index (κ2) is 3.82. The van der Waals surface area contributed by atoms with Gasteiger partial charge in [-0.05, 0) is 6.07 Å². The molecule has 0 saturated carbocycles. The van der Waals surface area contributed by atoms with E-state index in [0.717, 1.165) is 0 Å². The second-order valence-corrected chi connectivity index (χ2v) is 3.71. The minimum absolute atomic E-state index is 0.00983. The van der Waals surface area contributed by atoms with Gasteiger partial charge < -0.3 is 5.32 Å². The fourth-order valence-corrected chi connectivity index (χ4v) is 1.65. The van der Waals surface area contributed by atoms with E-state index in [1.807, 2.05) is 0 Å². The van der Waals surface area contributed by atoms with Crippen LogP contribution in [-0.2, 0) is 9.59 Å². The number of fused-ring (bicyclic) bond motifs is 1. The summed E-state index contributed by atoms with van der Waals surface area (Å²) < 4.78 is 0. The monoisotopic (exact) mass is 260 g/mol. The molecule has 2 amide bonds. The van der Waals surface area contributed by atoms with Crippen molar-refractivity contribution in [3.63, 3.8) is 0 Å². The number of anilines is 2. The zero-order valence-electron chi connectivity index (χ0n) is 7.54. The predicted octanol–water partition coefficient (Wildman–Crippen LogP) is 1.51. The highest BCUT2D eigenvalue weighted by Gasteiger charge is 2.29. The largest absolute Gasteiger partial charge is 0.336 e. The Hall–Kier alpha value is -1.50. The van der Waals surface area contributed by atoms with Crippen molar-refractivity contribution in [1.29, 1.82) is 0 Å². The molecule has 0 fully saturated rings. The molecule has 2 rings (SSSR count). The molecule has 0 aliphatic carbocycles. The molecule has 3 N–H and O–H groups in total. The van der Waals surface area contributed by atoms with Crippen LogP contribution in [0.25, 0.3) is 0 Å². The van der Waals surface area contributed by atoms with Gasteiger partial charge in [-0.3, -0.25) is 20.3 Å². The number of rotatable bonds is 1. The van der Waals surface area contributed by atoms with Crippen LogP contribution in [0.2, 0.25) is 10.0 Å². The third kappa shape index (κ3) is 1.57. The summed E-state index contributed by atoms with van der Waals surface area (Å²) in [6.45, 7) is 0. The van der Waals surface area contributed by atoms with Gasteiger partial charge in [0.25, 0.3) is 0 Å². The zero-order chi connectivity index (χ0) is 11.9. The van der Waals surface area contributed by atoms with Gasteiger partial charge in [-0.15, -0.1) is 0 Å². The standard InChI is InChI=1S/C8H4Cl2N3O3/c9-2-1-3-5(6(13-16)4(2)10)12-8(15)7(14)11-3/h1,13,16H,(H,11,14). The Kier molecular flexibility index (Phi) is 2.63. The van der Waals surface area contributed by atoms with Gasteiger partial charge in [0, 0.05) is 0 Å². The van der Waals surface area contributed by atoms with Crippen LogP contribution in [0.3, 0.4) is 0 Å². The van der Waals surface area contributed by atoms with E-state index in [0.29, 0.717) is 0 Å². The van der Waals surface area contributed by atoms with E-state index in [1.165, 1.54) is 6.07 Å². The lowest BCUT2D eigenvalue weighted by Gasteiger charge is -2.19. The summed E-state index contributed by atoms with van der Waals surface area (Å²) in [5.41, 5.74) is 2.00. The maximum Gasteiger partial charge on any atom is 0.336 e. The van der Waals surface area contributed by atoms with Gasteiger partial charge in [0.05, 0.1) is 15.7 Å². The third-order valence-corrected chi connectivity index (χ3v) is 2.75. The van der Waals surface area contributed by atoms with E-state index in [2.05, 4.69) is 10.6 Å². The van der Waals surface area contributed by atoms with Crippen molar-refractivity contribution in [3.05, 3.63) is 16.1 Å². The fourth-order valence-electron chi connectivity index (χ4n) is 1.26. The van der Waals surface area contributed by atoms with Gasteiger partial charge in [-0.2, -0.15) is 0 Å². The quantitative estimate of drug-likeness (QED) is 0.527. The SMILES string of the molecule is O=C1[N]c2c(cc(Cl)c(Cl)c2NO)NC1=O. The number of hydrogen-bond acceptors (Lipinski definition) is 4. The van der Waals surface area contributed by atoms with E-state index in [4.69, 9.17) is 28.4 Å². The average Bonchev–Trinajstić information content (AvgIpc) is 2.24. The van der Waals surface area contributed by atoms with Gasteiger partial charge in [-0.1, -0.05) is 23.2 Å². The van der Waals surface area contributed by atoms with Crippen LogP contribution in [0.4, 0.5) is 17.1 Å². The first-order valence-electron chi connectivity index (χ1n) is 4.03. The van der Waals surface area contributed by atoms with Crippen LogP contribution in [0.1, 0.15) is 0 Å². The summed E-state index contributed by atoms with van der Waals surface area (Å²) in [4.78, 5) is 22.1. The summed E-state index contributed by atoms with van der Waals surface area (Å²) in [5.74, 6) is -1.84. The lowest BCUT2D eigenvalue weighted by atomic mass is 10.2. The average molecular weight is 261 g/mol. The van der Waals surface area contributed by atoms with Gasteiger partial charge in [0.15, 0.2) is 0 Å². The van der Waals surface area contributed by atoms with Gasteiger partial charge in [0.2, 0.25) is 0 Å². The molecule has 0 saturated heterocycles. The first-order chi connectivity index (χ1) is 7.54. The van der Waals surface area contributed by atoms with Crippen LogP contribution in [0.5, 0.6) is 0 Å². The molecule has 1 radical (unpaired) electrons. The molecule has 0 bridgehead atoms. The normalized spacial score (nSPS) is 13.9. The number of nitrogens with one attached hydrogen (secondary N) is 2. The zero-order valence-corrected chi connectivity index (χ0v) is 9.06. The minimum Gasteiger partial charge on any atom is -0.316 e. The predicted molar refractivity (Wildman–Crippen MR) is 57.3 cm³/mol. The molecule has 1 aliphatic rings. The van der Waals surface area contributed by atoms with Crippen molar-refractivity contribution in [2.75, 3.05) is 10.8 Å². The lowest BCUT2D eigenvalue weighted by molar-refractivity contribution is -0.135. The van der Waals surface area contributed by atoms with Gasteiger partial charge in [-0.25, -0.2) is 5.32 Å². The number of nitrogens with zero attached hydrogens (tertiary/aromatic N) is 1. The van der Waals surface area contributed by atoms with Crippen LogP contribution >= 0.6 is 23.2 Å². The molecule has 0 unspecified atom stereocenters. The second-order valence-electron chi connectivity index (χ2n) is 2.93. The Balaban J connectivity index is 2.64. The minimum atomic E-state index is -0.970. The molecular weight excluding hydrogens is 257 g/mol. The van der Waals surface area contributed by atoms with Crippen molar-refractivity contribution < 1.29 is 14.8 Å². The molecule has 0 atom stereocenters. The summed E-state index contributed by atoms with van der Waals surface area (Å²) >= 11 is 11.5. The van der Waals surface area contributed by atoms with Crippen molar-refractivity contribution in [1.82, 2.24) is 5.32 Å². The highest BCUT2D eigenvalue weighted by Crippen LogP contribution is 2.42. The Morgan fingerprint density at radius 3 is 2.69 bits per heavy atom. The van der Waals surface area contributed by atoms with Gasteiger partial charge >= 0.3 is 11.8 Å². The van der Waals surface area contributed by atoms with Crippen LogP contribution in [0, 0.1) is 0 Å². The highest BCUT2D eigenvalue weighted by atomic mass is 35.5. The van der Waals surface area contributed by atoms with Crippen molar-refractivity contribution in [3.8, 4) is 0 Å². The molecule has 1 heterocycles. The maximum absolute atomic E-state index is 11.1. The Bertz CT molecular complexity index is 504. The first kappa shape index (κ1) is 11.0. The van der Waals surface area contributed by atoms with E-state index in [1.54, 1.807) is 5.48 Å². The molecule has 8 heteroatoms. The summed E-state index contributed by atoms with van der Waals surface area (Å²) in [6.07, 6.45) is 0. The Morgan fingerprint density at radius 1 is 1.38 bits per heavy atom. The number of carbonyl (C=O) groups excluding carboxylic acids is 2. The first-order valence-corrected chi connectivity index (χ1v) is 4.79. The molecule has 1 aliphatic heterocycles. The fraction of sp³-hybridized carbons (Fsp3) is 0. The molecule has 0 aromatic heterocycles. The van der Waals surface area contributed by atoms with Gasteiger partial charge in [0.1, 0.15) is 11.4 Å². The van der Waals surface area contributed by atoms with Crippen molar-refractivity contribution >= 4 is 52.1 Å². The Labute approximate surface area is 99.5 Å². The van der Waals surface area contributed by atoms with Crippen LogP contribution in [-0.4, -0.2) is 17.0 Å². The molecule has 1 aromatic rings. The smallest absolute Gasteiger partial charge is 0.316 e. The molecular formula is C8H4Cl2N3O3. The number of carbonyl (C=O) groups is 2. The number of halogens is 2. The molecule has 16 heavy (non-hydrogen) atoms. The van der Waals surface area contributed by atoms with E-state index < -0.39 is 11.8 Å². The van der Waals surface area contributed by atoms with Crippen LogP contribution in [0.15, 0.2) is 6.07 Å². The highest BCUT2D eigenvalue weighted by molar-refractivity contribution is 6.47. The molecule has 1 aromatic carbocycles. The van der Waals surface area contributed by atoms with Crippen LogP contribution < -0.4 is 16.1 Å². The molecule has 83 valence electrons. The topological polar surface area (TPSA) is 92.5 Å². The summed E-state index contributed by atoms with van der Waals surface area (Å²) in [5, 5.41) is 14.8. The maximum atomic E-state index is 11.1. The van der Waals surface area contributed by atoms with E-state index in [-0.39, 0.29) is 27.1 Å². The van der Waals surface area contributed by atoms with E-state index in [9.17, 15) is 9.59 Å². The summed E-state index contributed by atoms with van der Waals surface area (Å²) in [6, 6.07) is 1.34. The number of hydrogen-bond donors (Lipinski definition) is 3. The van der Waals surface area contributed by atoms with Crippen molar-refractivity contribution in [2.24, 2.45) is 0 Å². The summed E-state index contributed by atoms with van der Waals surface area (Å²) in [7, 11) is 0. The third-order valence-electron chi connectivity index (χ3n) is 1.96. The van der Waals surface area contributed by atoms with Crippen molar-refractivity contribution in [2.45, 2.75) is 0 Å².